The van der Waals surface area contributed by atoms with Gasteiger partial charge in [0.1, 0.15) is 0 Å². The van der Waals surface area contributed by atoms with Gasteiger partial charge in [-0.3, -0.25) is 0 Å². The Morgan fingerprint density at radius 2 is 0.865 bits per heavy atom. The maximum absolute atomic E-state index is 12.7. The Morgan fingerprint density at radius 3 is 1.21 bits per heavy atom. The summed E-state index contributed by atoms with van der Waals surface area (Å²) in [5.41, 5.74) is 5.99. The molecule has 8 aromatic rings. The first-order valence-corrected chi connectivity index (χ1v) is 19.6. The van der Waals surface area contributed by atoms with Crippen LogP contribution in [0.5, 0.6) is 0 Å². The SMILES string of the molecule is NS(=O)(=O)c1nn2cc(-c3ccc(-c4ccc(C(F)(F)F)cc4)cc3)nc2s1.NS(=O)(=O)c1nn2cc(-c3ccc(-c4ccccc4)cc3)nc2s1. The van der Waals surface area contributed by atoms with Crippen molar-refractivity contribution in [2.75, 3.05) is 0 Å². The Hall–Kier alpha value is -5.31. The molecule has 0 amide bonds. The lowest BCUT2D eigenvalue weighted by molar-refractivity contribution is -0.137. The second-order valence-electron chi connectivity index (χ2n) is 11.1. The van der Waals surface area contributed by atoms with Gasteiger partial charge in [-0.2, -0.15) is 13.2 Å². The molecule has 0 aliphatic carbocycles. The van der Waals surface area contributed by atoms with Crippen LogP contribution in [0.15, 0.2) is 124 Å². The number of benzene rings is 4. The first-order valence-electron chi connectivity index (χ1n) is 14.8. The molecule has 4 N–H and O–H groups in total. The van der Waals surface area contributed by atoms with Crippen molar-refractivity contribution in [2.45, 2.75) is 14.9 Å². The second-order valence-corrected chi connectivity index (χ2v) is 16.5. The lowest BCUT2D eigenvalue weighted by Gasteiger charge is -2.08. The molecule has 0 spiro atoms. The minimum atomic E-state index is -4.37. The van der Waals surface area contributed by atoms with Crippen LogP contribution in [0.3, 0.4) is 0 Å². The zero-order valence-electron chi connectivity index (χ0n) is 26.2. The summed E-state index contributed by atoms with van der Waals surface area (Å²) in [5, 5.41) is 18.0. The van der Waals surface area contributed by atoms with Gasteiger partial charge in [-0.05, 0) is 34.4 Å². The van der Waals surface area contributed by atoms with Crippen LogP contribution in [0.2, 0.25) is 0 Å². The molecular formula is C33H23F3N8O4S4. The molecular weight excluding hydrogens is 758 g/mol. The Bertz CT molecular complexity index is 2700. The van der Waals surface area contributed by atoms with Crippen LogP contribution in [-0.2, 0) is 26.2 Å². The fraction of sp³-hybridized carbons (Fsp3) is 0.0303. The zero-order chi connectivity index (χ0) is 36.8. The van der Waals surface area contributed by atoms with E-state index in [-0.39, 0.29) is 8.68 Å². The molecule has 0 aliphatic rings. The lowest BCUT2D eigenvalue weighted by atomic mass is 10.0. The van der Waals surface area contributed by atoms with E-state index < -0.39 is 31.8 Å². The first-order chi connectivity index (χ1) is 24.6. The van der Waals surface area contributed by atoms with E-state index in [0.29, 0.717) is 21.2 Å². The number of alkyl halides is 3. The van der Waals surface area contributed by atoms with Crippen molar-refractivity contribution in [2.24, 2.45) is 10.3 Å². The standard InChI is InChI=1S/C17H11F3N4O2S2.C16H12N4O2S2/c18-17(19,20)13-7-5-11(6-8-13)10-1-3-12(4-2-10)14-9-24-15(22-14)27-16(23-24)28(21,25)26;17-24(21,22)16-19-20-10-14(18-15(20)23-16)13-8-6-12(7-9-13)11-4-2-1-3-5-11/h1-9H,(H2,21,25,26);1-10H,(H2,17,21,22). The molecule has 0 bridgehead atoms. The third-order valence-electron chi connectivity index (χ3n) is 7.55. The number of nitrogens with zero attached hydrogens (tertiary/aromatic N) is 6. The van der Waals surface area contributed by atoms with Gasteiger partial charge in [0, 0.05) is 11.1 Å². The van der Waals surface area contributed by atoms with Gasteiger partial charge in [-0.25, -0.2) is 46.1 Å². The van der Waals surface area contributed by atoms with Gasteiger partial charge in [0.05, 0.1) is 29.3 Å². The molecule has 4 heterocycles. The fourth-order valence-electron chi connectivity index (χ4n) is 5.02. The summed E-state index contributed by atoms with van der Waals surface area (Å²) in [6.07, 6.45) is -1.10. The van der Waals surface area contributed by atoms with Crippen molar-refractivity contribution in [1.82, 2.24) is 29.2 Å². The predicted octanol–water partition coefficient (Wildman–Crippen LogP) is 6.56. The van der Waals surface area contributed by atoms with Crippen LogP contribution in [-0.4, -0.2) is 46.0 Å². The summed E-state index contributed by atoms with van der Waals surface area (Å²) >= 11 is 1.81. The monoisotopic (exact) mass is 780 g/mol. The van der Waals surface area contributed by atoms with Crippen molar-refractivity contribution in [3.8, 4) is 44.8 Å². The van der Waals surface area contributed by atoms with Gasteiger partial charge in [0.2, 0.25) is 18.6 Å². The quantitative estimate of drug-likeness (QED) is 0.190. The van der Waals surface area contributed by atoms with Gasteiger partial charge in [-0.15, -0.1) is 10.2 Å². The van der Waals surface area contributed by atoms with Gasteiger partial charge in [-0.1, -0.05) is 114 Å². The molecule has 0 atom stereocenters. The zero-order valence-corrected chi connectivity index (χ0v) is 29.5. The number of sulfonamides is 2. The van der Waals surface area contributed by atoms with E-state index in [9.17, 15) is 30.0 Å². The number of halogens is 3. The minimum Gasteiger partial charge on any atom is -0.223 e. The molecule has 0 saturated heterocycles. The van der Waals surface area contributed by atoms with Crippen molar-refractivity contribution >= 4 is 52.6 Å². The topological polar surface area (TPSA) is 181 Å². The molecule has 4 aromatic carbocycles. The summed E-state index contributed by atoms with van der Waals surface area (Å²) in [5.74, 6) is 0. The van der Waals surface area contributed by atoms with Crippen molar-refractivity contribution in [3.63, 3.8) is 0 Å². The average molecular weight is 781 g/mol. The summed E-state index contributed by atoms with van der Waals surface area (Å²) in [6, 6.07) is 30.1. The van der Waals surface area contributed by atoms with Crippen LogP contribution >= 0.6 is 22.7 Å². The van der Waals surface area contributed by atoms with E-state index in [1.807, 2.05) is 42.5 Å². The largest absolute Gasteiger partial charge is 0.416 e. The Labute approximate surface area is 301 Å². The number of nitrogens with two attached hydrogens (primary N) is 2. The summed E-state index contributed by atoms with van der Waals surface area (Å²) in [7, 11) is -7.69. The average Bonchev–Trinajstić information content (AvgIpc) is 3.89. The van der Waals surface area contributed by atoms with Gasteiger partial charge >= 0.3 is 6.18 Å². The number of hydrogen-bond acceptors (Lipinski definition) is 10. The van der Waals surface area contributed by atoms with E-state index in [4.69, 9.17) is 10.3 Å². The molecule has 4 aromatic heterocycles. The number of hydrogen-bond donors (Lipinski definition) is 2. The van der Waals surface area contributed by atoms with E-state index in [0.717, 1.165) is 68.3 Å². The molecule has 0 radical (unpaired) electrons. The molecule has 0 unspecified atom stereocenters. The molecule has 0 saturated carbocycles. The van der Waals surface area contributed by atoms with Crippen LogP contribution in [0.25, 0.3) is 54.7 Å². The number of fused-ring (bicyclic) bond motifs is 2. The fourth-order valence-corrected chi connectivity index (χ4v) is 8.03. The molecule has 0 aliphatic heterocycles. The maximum Gasteiger partial charge on any atom is 0.416 e. The van der Waals surface area contributed by atoms with E-state index in [1.54, 1.807) is 36.7 Å². The van der Waals surface area contributed by atoms with Crippen LogP contribution in [0.1, 0.15) is 5.56 Å². The third-order valence-corrected chi connectivity index (χ3v) is 12.0. The highest BCUT2D eigenvalue weighted by molar-refractivity contribution is 7.91. The number of imidazole rings is 2. The van der Waals surface area contributed by atoms with E-state index in [2.05, 4.69) is 32.3 Å². The van der Waals surface area contributed by atoms with Crippen molar-refractivity contribution in [1.29, 1.82) is 0 Å². The molecule has 52 heavy (non-hydrogen) atoms. The van der Waals surface area contributed by atoms with Crippen LogP contribution in [0.4, 0.5) is 13.2 Å². The first kappa shape index (κ1) is 35.1. The van der Waals surface area contributed by atoms with Crippen LogP contribution in [0, 0.1) is 0 Å². The highest BCUT2D eigenvalue weighted by Crippen LogP contribution is 2.32. The number of aromatic nitrogens is 6. The maximum atomic E-state index is 12.7. The Balaban J connectivity index is 0.000000164. The van der Waals surface area contributed by atoms with Gasteiger partial charge < -0.3 is 0 Å². The highest BCUT2D eigenvalue weighted by atomic mass is 32.3. The molecule has 8 rings (SSSR count). The predicted molar refractivity (Wildman–Crippen MR) is 191 cm³/mol. The Morgan fingerprint density at radius 1 is 0.519 bits per heavy atom. The van der Waals surface area contributed by atoms with Crippen molar-refractivity contribution in [3.05, 3.63) is 121 Å². The summed E-state index contributed by atoms with van der Waals surface area (Å²) < 4.78 is 85.7. The molecule has 0 fully saturated rings. The smallest absolute Gasteiger partial charge is 0.223 e. The molecule has 264 valence electrons. The highest BCUT2D eigenvalue weighted by Gasteiger charge is 2.30. The van der Waals surface area contributed by atoms with Crippen molar-refractivity contribution < 1.29 is 30.0 Å². The summed E-state index contributed by atoms with van der Waals surface area (Å²) in [4.78, 5) is 9.62. The summed E-state index contributed by atoms with van der Waals surface area (Å²) in [6.45, 7) is 0. The Kier molecular flexibility index (Phi) is 9.01. The minimum absolute atomic E-state index is 0.143. The van der Waals surface area contributed by atoms with Gasteiger partial charge in [0.25, 0.3) is 20.0 Å². The normalized spacial score (nSPS) is 12.2. The third kappa shape index (κ3) is 7.49. The van der Waals surface area contributed by atoms with Crippen LogP contribution < -0.4 is 10.3 Å². The number of primary sulfonamides is 2. The lowest BCUT2D eigenvalue weighted by Crippen LogP contribution is -2.12. The van der Waals surface area contributed by atoms with E-state index >= 15 is 0 Å². The molecule has 12 nitrogen and oxygen atoms in total. The van der Waals surface area contributed by atoms with E-state index in [1.165, 1.54) is 21.2 Å². The second kappa shape index (κ2) is 13.3. The number of rotatable bonds is 6. The molecule has 19 heteroatoms. The van der Waals surface area contributed by atoms with Gasteiger partial charge in [0.15, 0.2) is 0 Å².